The molecule has 20 heavy (non-hydrogen) atoms. The molecule has 0 aliphatic carbocycles. The summed E-state index contributed by atoms with van der Waals surface area (Å²) in [6, 6.07) is 8.62. The lowest BCUT2D eigenvalue weighted by atomic mass is 9.97. The van der Waals surface area contributed by atoms with E-state index in [-0.39, 0.29) is 6.10 Å². The second-order valence-electron chi connectivity index (χ2n) is 5.34. The molecule has 4 heteroatoms. The molecule has 0 bridgehead atoms. The Morgan fingerprint density at radius 1 is 1.30 bits per heavy atom. The van der Waals surface area contributed by atoms with Gasteiger partial charge in [0.15, 0.2) is 0 Å². The third-order valence-electron chi connectivity index (χ3n) is 3.52. The summed E-state index contributed by atoms with van der Waals surface area (Å²) in [6.45, 7) is 7.23. The van der Waals surface area contributed by atoms with E-state index < -0.39 is 0 Å². The first-order valence-corrected chi connectivity index (χ1v) is 8.10. The van der Waals surface area contributed by atoms with Gasteiger partial charge in [-0.25, -0.2) is 4.98 Å². The maximum atomic E-state index is 5.92. The van der Waals surface area contributed by atoms with E-state index in [4.69, 9.17) is 9.72 Å². The Labute approximate surface area is 125 Å². The molecule has 0 radical (unpaired) electrons. The number of thiazole rings is 1. The highest BCUT2D eigenvalue weighted by Gasteiger charge is 2.25. The average molecular weight is 292 g/mol. The number of benzene rings is 1. The van der Waals surface area contributed by atoms with Crippen LogP contribution in [0.5, 0.6) is 0 Å². The molecule has 1 N–H and O–H groups in total. The molecule has 0 spiro atoms. The predicted octanol–water partition coefficient (Wildman–Crippen LogP) is 3.49. The highest BCUT2D eigenvalue weighted by Crippen LogP contribution is 2.24. The number of hydrogen-bond donors (Lipinski definition) is 1. The molecule has 1 aromatic heterocycles. The van der Waals surface area contributed by atoms with Crippen LogP contribution in [0, 0.1) is 5.92 Å². The number of fused-ring (bicyclic) bond motifs is 1. The predicted molar refractivity (Wildman–Crippen MR) is 86.4 cm³/mol. The zero-order chi connectivity index (χ0) is 14.5. The fourth-order valence-electron chi connectivity index (χ4n) is 2.54. The van der Waals surface area contributed by atoms with Crippen molar-refractivity contribution in [1.29, 1.82) is 0 Å². The molecule has 0 aliphatic rings. The van der Waals surface area contributed by atoms with E-state index >= 15 is 0 Å². The van der Waals surface area contributed by atoms with Crippen molar-refractivity contribution in [3.8, 4) is 0 Å². The smallest absolute Gasteiger partial charge is 0.0955 e. The molecule has 2 aromatic rings. The number of nitrogens with one attached hydrogen (secondary N) is 1. The zero-order valence-corrected chi connectivity index (χ0v) is 13.5. The van der Waals surface area contributed by atoms with Crippen molar-refractivity contribution in [1.82, 2.24) is 10.3 Å². The summed E-state index contributed by atoms with van der Waals surface area (Å²) in [5, 5.41) is 4.58. The van der Waals surface area contributed by atoms with Crippen LogP contribution in [0.4, 0.5) is 0 Å². The van der Waals surface area contributed by atoms with E-state index in [2.05, 4.69) is 44.3 Å². The molecule has 0 aliphatic heterocycles. The van der Waals surface area contributed by atoms with Crippen LogP contribution in [0.25, 0.3) is 10.2 Å². The summed E-state index contributed by atoms with van der Waals surface area (Å²) in [5.41, 5.74) is 1.10. The fourth-order valence-corrected chi connectivity index (χ4v) is 3.57. The van der Waals surface area contributed by atoms with Crippen LogP contribution < -0.4 is 5.32 Å². The minimum absolute atomic E-state index is 0.219. The Morgan fingerprint density at radius 3 is 2.65 bits per heavy atom. The van der Waals surface area contributed by atoms with E-state index in [1.807, 2.05) is 13.1 Å². The molecule has 1 aromatic carbocycles. The standard InChI is InChI=1S/C16H24N2OS/c1-5-19-16(11(2)3)13(17-4)10-15-18-12-8-6-7-9-14(12)20-15/h6-9,11,13,16-17H,5,10H2,1-4H3. The first kappa shape index (κ1) is 15.4. The highest BCUT2D eigenvalue weighted by molar-refractivity contribution is 7.18. The molecule has 3 nitrogen and oxygen atoms in total. The van der Waals surface area contributed by atoms with Crippen molar-refractivity contribution >= 4 is 21.6 Å². The SMILES string of the molecule is CCOC(C(C)C)C(Cc1nc2ccccc2s1)NC. The van der Waals surface area contributed by atoms with Crippen LogP contribution in [0.3, 0.4) is 0 Å². The molecule has 0 saturated heterocycles. The molecule has 0 saturated carbocycles. The van der Waals surface area contributed by atoms with Gasteiger partial charge in [-0.3, -0.25) is 0 Å². The third-order valence-corrected chi connectivity index (χ3v) is 4.57. The molecule has 2 unspecified atom stereocenters. The van der Waals surface area contributed by atoms with Crippen LogP contribution in [0.2, 0.25) is 0 Å². The minimum Gasteiger partial charge on any atom is -0.377 e. The maximum Gasteiger partial charge on any atom is 0.0955 e. The lowest BCUT2D eigenvalue weighted by Crippen LogP contribution is -2.44. The molecule has 0 amide bonds. The Balaban J connectivity index is 2.15. The number of para-hydroxylation sites is 1. The number of rotatable bonds is 7. The van der Waals surface area contributed by atoms with Crippen LogP contribution in [-0.4, -0.2) is 30.8 Å². The van der Waals surface area contributed by atoms with Crippen molar-refractivity contribution in [2.75, 3.05) is 13.7 Å². The van der Waals surface area contributed by atoms with Gasteiger partial charge in [-0.1, -0.05) is 26.0 Å². The quantitative estimate of drug-likeness (QED) is 0.848. The monoisotopic (exact) mass is 292 g/mol. The first-order chi connectivity index (χ1) is 9.65. The van der Waals surface area contributed by atoms with E-state index in [9.17, 15) is 0 Å². The average Bonchev–Trinajstić information content (AvgIpc) is 2.84. The van der Waals surface area contributed by atoms with Gasteiger partial charge in [0.25, 0.3) is 0 Å². The summed E-state index contributed by atoms with van der Waals surface area (Å²) in [7, 11) is 2.01. The molecule has 2 atom stereocenters. The van der Waals surface area contributed by atoms with Crippen LogP contribution >= 0.6 is 11.3 Å². The van der Waals surface area contributed by atoms with Crippen LogP contribution in [0.1, 0.15) is 25.8 Å². The second kappa shape index (κ2) is 7.16. The summed E-state index contributed by atoms with van der Waals surface area (Å²) >= 11 is 1.78. The maximum absolute atomic E-state index is 5.92. The number of ether oxygens (including phenoxy) is 1. The Morgan fingerprint density at radius 2 is 2.05 bits per heavy atom. The first-order valence-electron chi connectivity index (χ1n) is 7.29. The topological polar surface area (TPSA) is 34.1 Å². The van der Waals surface area contributed by atoms with Gasteiger partial charge in [-0.2, -0.15) is 0 Å². The van der Waals surface area contributed by atoms with Crippen molar-refractivity contribution in [2.45, 2.75) is 39.3 Å². The van der Waals surface area contributed by atoms with Crippen molar-refractivity contribution in [2.24, 2.45) is 5.92 Å². The lowest BCUT2D eigenvalue weighted by Gasteiger charge is -2.29. The van der Waals surface area contributed by atoms with Gasteiger partial charge in [-0.05, 0) is 32.0 Å². The second-order valence-corrected chi connectivity index (χ2v) is 6.45. The van der Waals surface area contributed by atoms with Gasteiger partial charge >= 0.3 is 0 Å². The summed E-state index contributed by atoms with van der Waals surface area (Å²) in [6.07, 6.45) is 1.13. The van der Waals surface area contributed by atoms with Gasteiger partial charge in [0.05, 0.1) is 21.3 Å². The Kier molecular flexibility index (Phi) is 5.52. The van der Waals surface area contributed by atoms with Gasteiger partial charge in [-0.15, -0.1) is 11.3 Å². The van der Waals surface area contributed by atoms with E-state index in [1.54, 1.807) is 11.3 Å². The van der Waals surface area contributed by atoms with Gasteiger partial charge in [0, 0.05) is 19.1 Å². The largest absolute Gasteiger partial charge is 0.377 e. The van der Waals surface area contributed by atoms with E-state index in [0.29, 0.717) is 12.0 Å². The summed E-state index contributed by atoms with van der Waals surface area (Å²) in [4.78, 5) is 4.73. The Hall–Kier alpha value is -0.970. The number of aromatic nitrogens is 1. The third kappa shape index (κ3) is 3.57. The normalized spacial score (nSPS) is 14.8. The van der Waals surface area contributed by atoms with Crippen molar-refractivity contribution in [3.63, 3.8) is 0 Å². The van der Waals surface area contributed by atoms with E-state index in [0.717, 1.165) is 18.5 Å². The minimum atomic E-state index is 0.219. The Bertz CT molecular complexity index is 505. The van der Waals surface area contributed by atoms with Gasteiger partial charge in [0.2, 0.25) is 0 Å². The molecule has 1 heterocycles. The molecular weight excluding hydrogens is 268 g/mol. The summed E-state index contributed by atoms with van der Waals surface area (Å²) < 4.78 is 7.18. The molecule has 0 fully saturated rings. The fraction of sp³-hybridized carbons (Fsp3) is 0.562. The molecule has 110 valence electrons. The van der Waals surface area contributed by atoms with Crippen LogP contribution in [0.15, 0.2) is 24.3 Å². The lowest BCUT2D eigenvalue weighted by molar-refractivity contribution is 0.00535. The molecule has 2 rings (SSSR count). The van der Waals surface area contributed by atoms with Gasteiger partial charge in [0.1, 0.15) is 0 Å². The van der Waals surface area contributed by atoms with Crippen LogP contribution in [-0.2, 0) is 11.2 Å². The zero-order valence-electron chi connectivity index (χ0n) is 12.7. The van der Waals surface area contributed by atoms with Crippen molar-refractivity contribution < 1.29 is 4.74 Å². The molecular formula is C16H24N2OS. The highest BCUT2D eigenvalue weighted by atomic mass is 32.1. The number of likely N-dealkylation sites (N-methyl/N-ethyl adjacent to an activating group) is 1. The number of nitrogens with zero attached hydrogens (tertiary/aromatic N) is 1. The number of hydrogen-bond acceptors (Lipinski definition) is 4. The van der Waals surface area contributed by atoms with Crippen molar-refractivity contribution in [3.05, 3.63) is 29.3 Å². The van der Waals surface area contributed by atoms with E-state index in [1.165, 1.54) is 9.71 Å². The van der Waals surface area contributed by atoms with Gasteiger partial charge < -0.3 is 10.1 Å². The summed E-state index contributed by atoms with van der Waals surface area (Å²) in [5.74, 6) is 0.488.